The van der Waals surface area contributed by atoms with E-state index in [0.717, 1.165) is 11.3 Å². The fourth-order valence-corrected chi connectivity index (χ4v) is 3.09. The lowest BCUT2D eigenvalue weighted by Crippen LogP contribution is -2.15. The summed E-state index contributed by atoms with van der Waals surface area (Å²) in [6, 6.07) is -2.59. The van der Waals surface area contributed by atoms with Gasteiger partial charge in [-0.1, -0.05) is 23.4 Å². The van der Waals surface area contributed by atoms with E-state index in [1.54, 1.807) is 13.8 Å². The smallest absolute Gasteiger partial charge is 0.261 e. The van der Waals surface area contributed by atoms with Crippen molar-refractivity contribution in [2.24, 2.45) is 0 Å². The second kappa shape index (κ2) is 6.25. The molecule has 2 aromatic rings. The summed E-state index contributed by atoms with van der Waals surface area (Å²) in [5.41, 5.74) is -0.567. The lowest BCUT2D eigenvalue weighted by molar-refractivity contribution is 0.102. The number of amides is 1. The number of hydrogen-bond acceptors (Lipinski definition) is 5. The molecule has 1 heterocycles. The number of aromatic hydroxyl groups is 1. The highest BCUT2D eigenvalue weighted by Gasteiger charge is 2.20. The fourth-order valence-electron chi connectivity index (χ4n) is 1.28. The molecular weight excluding hydrogens is 296 g/mol. The molecule has 1 atom stereocenters. The third kappa shape index (κ3) is 3.30. The Morgan fingerprint density at radius 1 is 1.55 bits per heavy atom. The van der Waals surface area contributed by atoms with Crippen LogP contribution in [0, 0.1) is 0 Å². The maximum Gasteiger partial charge on any atom is 0.261 e. The van der Waals surface area contributed by atoms with Crippen molar-refractivity contribution in [3.05, 3.63) is 35.1 Å². The van der Waals surface area contributed by atoms with Crippen LogP contribution in [0.5, 0.6) is 5.75 Å². The standard InChI is InChI=1S/C13H14N2O3S2/c1-8(2)20(18)11-7-19-13(14-11)15-12(17)9-5-3-4-6-10(9)16/h3-8,16H,1-2H3,(H,14,15,17)/i3D,4D,5D,6D. The first-order valence-electron chi connectivity index (χ1n) is 7.61. The van der Waals surface area contributed by atoms with Crippen molar-refractivity contribution in [2.75, 3.05) is 5.32 Å². The highest BCUT2D eigenvalue weighted by molar-refractivity contribution is 7.92. The predicted molar refractivity (Wildman–Crippen MR) is 79.7 cm³/mol. The fraction of sp³-hybridized carbons (Fsp3) is 0.231. The number of rotatable bonds is 4. The van der Waals surface area contributed by atoms with E-state index in [0.29, 0.717) is 5.03 Å². The SMILES string of the molecule is [2H]c1c([2H])c([2H])c(C(=O)Nc2nc([S+]([O-])C(C)C)cs2)c(O)c1[2H]. The van der Waals surface area contributed by atoms with E-state index in [1.165, 1.54) is 5.38 Å². The number of nitrogens with zero attached hydrogens (tertiary/aromatic N) is 1. The zero-order valence-electron chi connectivity index (χ0n) is 14.7. The van der Waals surface area contributed by atoms with Crippen molar-refractivity contribution in [3.63, 3.8) is 0 Å². The Labute approximate surface area is 129 Å². The van der Waals surface area contributed by atoms with Gasteiger partial charge < -0.3 is 9.66 Å². The van der Waals surface area contributed by atoms with Crippen molar-refractivity contribution in [3.8, 4) is 5.75 Å². The quantitative estimate of drug-likeness (QED) is 0.850. The van der Waals surface area contributed by atoms with Crippen LogP contribution in [0.4, 0.5) is 5.13 Å². The van der Waals surface area contributed by atoms with Gasteiger partial charge in [0.05, 0.1) is 16.4 Å². The van der Waals surface area contributed by atoms with Gasteiger partial charge in [0, 0.05) is 11.2 Å². The molecule has 0 fully saturated rings. The molecule has 5 nitrogen and oxygen atoms in total. The summed E-state index contributed by atoms with van der Waals surface area (Å²) in [7, 11) is 0. The minimum absolute atomic E-state index is 0.121. The number of carbonyl (C=O) groups is 1. The molecule has 2 rings (SSSR count). The van der Waals surface area contributed by atoms with Crippen molar-refractivity contribution in [2.45, 2.75) is 24.1 Å². The summed E-state index contributed by atoms with van der Waals surface area (Å²) >= 11 is -0.284. The summed E-state index contributed by atoms with van der Waals surface area (Å²) in [6.07, 6.45) is 0. The Morgan fingerprint density at radius 2 is 2.25 bits per heavy atom. The first-order valence-corrected chi connectivity index (χ1v) is 7.71. The monoisotopic (exact) mass is 314 g/mol. The summed E-state index contributed by atoms with van der Waals surface area (Å²) in [6.45, 7) is 3.54. The Morgan fingerprint density at radius 3 is 2.95 bits per heavy atom. The summed E-state index contributed by atoms with van der Waals surface area (Å²) < 4.78 is 42.2. The molecule has 1 unspecified atom stereocenters. The molecule has 20 heavy (non-hydrogen) atoms. The van der Waals surface area contributed by atoms with Crippen LogP contribution in [0.2, 0.25) is 0 Å². The van der Waals surface area contributed by atoms with Crippen LogP contribution >= 0.6 is 11.3 Å². The third-order valence-electron chi connectivity index (χ3n) is 2.23. The van der Waals surface area contributed by atoms with Crippen LogP contribution in [0.3, 0.4) is 0 Å². The number of phenolic OH excluding ortho intramolecular Hbond substituents is 1. The van der Waals surface area contributed by atoms with Gasteiger partial charge in [-0.25, -0.2) is 0 Å². The van der Waals surface area contributed by atoms with Gasteiger partial charge in [-0.05, 0) is 25.9 Å². The molecular formula is C13H14N2O3S2. The molecule has 0 aliphatic carbocycles. The van der Waals surface area contributed by atoms with Crippen LogP contribution in [0.25, 0.3) is 0 Å². The molecule has 0 radical (unpaired) electrons. The molecule has 0 aliphatic heterocycles. The van der Waals surface area contributed by atoms with E-state index in [4.69, 9.17) is 5.48 Å². The number of thiazole rings is 1. The minimum Gasteiger partial charge on any atom is -0.610 e. The van der Waals surface area contributed by atoms with Crippen LogP contribution < -0.4 is 5.32 Å². The Balaban J connectivity index is 2.32. The predicted octanol–water partition coefficient (Wildman–Crippen LogP) is 2.62. The Hall–Kier alpha value is -1.57. The average molecular weight is 314 g/mol. The highest BCUT2D eigenvalue weighted by atomic mass is 32.2. The number of para-hydroxylation sites is 1. The highest BCUT2D eigenvalue weighted by Crippen LogP contribution is 2.24. The van der Waals surface area contributed by atoms with E-state index in [-0.39, 0.29) is 10.4 Å². The van der Waals surface area contributed by atoms with Crippen LogP contribution in [0.1, 0.15) is 29.7 Å². The topological polar surface area (TPSA) is 85.3 Å². The van der Waals surface area contributed by atoms with Crippen molar-refractivity contribution < 1.29 is 19.9 Å². The molecule has 0 bridgehead atoms. The number of aromatic nitrogens is 1. The van der Waals surface area contributed by atoms with Crippen molar-refractivity contribution in [1.29, 1.82) is 0 Å². The normalized spacial score (nSPS) is 15.2. The number of carbonyl (C=O) groups excluding carboxylic acids is 1. The summed E-state index contributed by atoms with van der Waals surface area (Å²) in [5, 5.41) is 14.0. The molecule has 1 amide bonds. The first-order chi connectivity index (χ1) is 11.1. The summed E-state index contributed by atoms with van der Waals surface area (Å²) in [4.78, 5) is 16.3. The van der Waals surface area contributed by atoms with Gasteiger partial charge in [-0.15, -0.1) is 0 Å². The van der Waals surface area contributed by atoms with Gasteiger partial charge >= 0.3 is 0 Å². The van der Waals surface area contributed by atoms with E-state index >= 15 is 0 Å². The molecule has 106 valence electrons. The van der Waals surface area contributed by atoms with Crippen LogP contribution in [0.15, 0.2) is 34.6 Å². The number of nitrogens with one attached hydrogen (secondary N) is 1. The number of phenols is 1. The molecule has 1 aromatic heterocycles. The van der Waals surface area contributed by atoms with E-state index in [2.05, 4.69) is 10.3 Å². The number of anilines is 1. The largest absolute Gasteiger partial charge is 0.610 e. The molecule has 7 heteroatoms. The van der Waals surface area contributed by atoms with Crippen molar-refractivity contribution >= 4 is 33.6 Å². The van der Waals surface area contributed by atoms with E-state index < -0.39 is 52.6 Å². The zero-order valence-corrected chi connectivity index (χ0v) is 12.3. The van der Waals surface area contributed by atoms with Gasteiger partial charge in [0.25, 0.3) is 10.9 Å². The lowest BCUT2D eigenvalue weighted by Gasteiger charge is -2.10. The molecule has 0 aliphatic rings. The summed E-state index contributed by atoms with van der Waals surface area (Å²) in [5.74, 6) is -1.75. The molecule has 1 aromatic carbocycles. The second-order valence-corrected chi connectivity index (χ2v) is 6.83. The van der Waals surface area contributed by atoms with Gasteiger partial charge in [0.15, 0.2) is 5.13 Å². The van der Waals surface area contributed by atoms with Gasteiger partial charge in [0.2, 0.25) is 0 Å². The van der Waals surface area contributed by atoms with Crippen LogP contribution in [-0.2, 0) is 11.2 Å². The molecule has 0 saturated carbocycles. The van der Waals surface area contributed by atoms with E-state index in [9.17, 15) is 14.5 Å². The van der Waals surface area contributed by atoms with Crippen LogP contribution in [-0.4, -0.2) is 25.8 Å². The maximum atomic E-state index is 12.3. The lowest BCUT2D eigenvalue weighted by atomic mass is 10.2. The van der Waals surface area contributed by atoms with Gasteiger partial charge in [0.1, 0.15) is 11.0 Å². The average Bonchev–Trinajstić information content (AvgIpc) is 2.98. The van der Waals surface area contributed by atoms with Crippen molar-refractivity contribution in [1.82, 2.24) is 4.98 Å². The third-order valence-corrected chi connectivity index (χ3v) is 4.62. The maximum absolute atomic E-state index is 12.3. The molecule has 0 saturated heterocycles. The Kier molecular flexibility index (Phi) is 3.19. The Bertz CT molecular complexity index is 769. The van der Waals surface area contributed by atoms with Gasteiger partial charge in [-0.3, -0.25) is 10.1 Å². The number of benzene rings is 1. The second-order valence-electron chi connectivity index (χ2n) is 4.01. The van der Waals surface area contributed by atoms with Gasteiger partial charge in [-0.2, -0.15) is 4.98 Å². The minimum atomic E-state index is -1.32. The zero-order chi connectivity index (χ0) is 18.2. The molecule has 0 spiro atoms. The number of hydrogen-bond donors (Lipinski definition) is 2. The van der Waals surface area contributed by atoms with E-state index in [1.807, 2.05) is 0 Å². The first kappa shape index (κ1) is 10.2. The molecule has 2 N–H and O–H groups in total.